The van der Waals surface area contributed by atoms with Crippen molar-refractivity contribution in [1.29, 1.82) is 0 Å². The summed E-state index contributed by atoms with van der Waals surface area (Å²) >= 11 is 0. The van der Waals surface area contributed by atoms with Gasteiger partial charge < -0.3 is 104 Å². The van der Waals surface area contributed by atoms with Crippen molar-refractivity contribution >= 4 is 102 Å². The zero-order valence-electron chi connectivity index (χ0n) is 64.6. The Balaban J connectivity index is 0.663. The van der Waals surface area contributed by atoms with Crippen LogP contribution in [-0.4, -0.2) is 319 Å². The van der Waals surface area contributed by atoms with Crippen LogP contribution in [-0.2, 0) is 126 Å². The lowest BCUT2D eigenvalue weighted by Crippen LogP contribution is -2.59. The fourth-order valence-electron chi connectivity index (χ4n) is 14.5. The predicted octanol–water partition coefficient (Wildman–Crippen LogP) is 0.946. The Morgan fingerprint density at radius 3 is 1.38 bits per heavy atom. The van der Waals surface area contributed by atoms with Crippen LogP contribution in [0.5, 0.6) is 0 Å². The Morgan fingerprint density at radius 2 is 0.922 bits per heavy atom. The van der Waals surface area contributed by atoms with E-state index in [1.807, 2.05) is 36.2 Å². The third kappa shape index (κ3) is 30.6. The molecule has 13 unspecified atom stereocenters. The number of rotatable bonds is 47. The summed E-state index contributed by atoms with van der Waals surface area (Å²) < 4.78 is 128. The van der Waals surface area contributed by atoms with Gasteiger partial charge in [-0.2, -0.15) is 21.6 Å². The molecule has 0 saturated carbocycles. The van der Waals surface area contributed by atoms with Crippen molar-refractivity contribution in [1.82, 2.24) is 50.7 Å². The Labute approximate surface area is 673 Å². The molecule has 1 aromatic rings. The lowest BCUT2D eigenvalue weighted by atomic mass is 9.96. The summed E-state index contributed by atoms with van der Waals surface area (Å²) in [5, 5.41) is 21.2. The molecule has 8 rings (SSSR count). The van der Waals surface area contributed by atoms with E-state index in [4.69, 9.17) is 31.5 Å². The fraction of sp³-hybridized carbons (Fsp3) is 0.758. The molecule has 0 spiro atoms. The Bertz CT molecular complexity index is 3880. The number of phosphoric acid groups is 6. The fourth-order valence-corrected chi connectivity index (χ4v) is 22.4. The van der Waals surface area contributed by atoms with Gasteiger partial charge in [-0.1, -0.05) is 36.8 Å². The number of ether oxygens (including phenoxy) is 5. The number of likely N-dealkylation sites (tertiary alicyclic amines) is 6. The first-order chi connectivity index (χ1) is 55.0. The smallest absolute Gasteiger partial charge is 0.390 e. The number of likely N-dealkylation sites (N-methyl/N-ethyl adjacent to an activating group) is 1. The number of carbonyl (C=O) groups is 8. The van der Waals surface area contributed by atoms with Gasteiger partial charge in [-0.3, -0.25) is 52.3 Å². The number of nitrogens with one attached hydrogen (secondary N) is 4. The van der Waals surface area contributed by atoms with Crippen LogP contribution in [0.4, 0.5) is 0 Å². The van der Waals surface area contributed by atoms with Crippen LogP contribution in [0.2, 0.25) is 0 Å². The van der Waals surface area contributed by atoms with Crippen molar-refractivity contribution < 1.29 is 154 Å². The quantitative estimate of drug-likeness (QED) is 0.0187. The van der Waals surface area contributed by atoms with Crippen molar-refractivity contribution in [3.05, 3.63) is 35.4 Å². The summed E-state index contributed by atoms with van der Waals surface area (Å²) in [6.45, 7) is 3.23. The molecule has 11 N–H and O–H groups in total. The lowest BCUT2D eigenvalue weighted by Gasteiger charge is -2.36. The number of nitrogens with zero attached hydrogens (tertiary/aromatic N) is 6. The average Bonchev–Trinajstić information content (AvgIpc) is 1.65. The van der Waals surface area contributed by atoms with Gasteiger partial charge in [-0.05, 0) is 135 Å². The van der Waals surface area contributed by atoms with E-state index in [1.165, 1.54) is 4.90 Å². The molecule has 2 radical (unpaired) electrons. The molecule has 652 valence electrons. The van der Waals surface area contributed by atoms with E-state index < -0.39 is 126 Å². The number of phosphoric ester groups is 2. The van der Waals surface area contributed by atoms with Crippen molar-refractivity contribution in [2.75, 3.05) is 139 Å². The topological polar surface area (TPSA) is 559 Å². The van der Waals surface area contributed by atoms with Gasteiger partial charge in [0.2, 0.25) is 47.3 Å². The van der Waals surface area contributed by atoms with Crippen molar-refractivity contribution in [3.63, 3.8) is 0 Å². The van der Waals surface area contributed by atoms with E-state index in [2.05, 4.69) is 63.7 Å². The molecule has 7 aliphatic rings. The minimum atomic E-state index is -6.46. The van der Waals surface area contributed by atoms with Crippen molar-refractivity contribution in [2.24, 2.45) is 0 Å². The van der Waals surface area contributed by atoms with Crippen LogP contribution in [0.1, 0.15) is 127 Å². The van der Waals surface area contributed by atoms with Crippen LogP contribution in [0, 0.1) is 11.8 Å². The van der Waals surface area contributed by atoms with E-state index in [-0.39, 0.29) is 140 Å². The standard InChI is InChI=1S/C66H107BN10O33P6/c1-68-26-7-14-47-21-23-48(24-22-47)44-49(71-61(81)50-15-9-30-73(50)63(83)52-17-11-32-75(52)65(85)54-19-13-34-77(54)66(86)55-20-12-33-76(55)64(84)53-18-10-31-74(53)62(82)51-16-8-29-72(51)2)60(80)70-28-37-100-39-41-102-43-42-101-40-38-99-36-25-59(79)69-27-5-3-4-6-35-103-111(87,88)106-113(91,92)108-115(95,96)110-116(97,98)109-114(93,94)107-112(89,90)104-46-57-56(78)45-58(67)105-57/h21-24,49-58,68,78H,3-6,8-13,15-20,25-46H2,1-2H3,(H,69,79)(H,70,80)(H,71,81)(H,87,88)(H,89,90)(H,91,92)(H,93,94)(H,95,96)(H,97,98)/t49?,50?,51?,52?,53?,54?,55?,56-,57+,58+/m1/s1. The summed E-state index contributed by atoms with van der Waals surface area (Å²) in [5.41, 5.74) is 1.50. The maximum Gasteiger partial charge on any atom is 0.490 e. The lowest BCUT2D eigenvalue weighted by molar-refractivity contribution is -0.154. The molecule has 7 saturated heterocycles. The van der Waals surface area contributed by atoms with Crippen molar-refractivity contribution in [3.8, 4) is 11.8 Å². The summed E-state index contributed by atoms with van der Waals surface area (Å²) in [4.78, 5) is 181. The number of unbranched alkanes of at least 4 members (excludes halogenated alkanes) is 3. The molecule has 0 aromatic heterocycles. The summed E-state index contributed by atoms with van der Waals surface area (Å²) in [6, 6.07) is 0.935. The van der Waals surface area contributed by atoms with E-state index in [9.17, 15) is 100 Å². The van der Waals surface area contributed by atoms with Gasteiger partial charge in [0.15, 0.2) is 0 Å². The normalized spacial score (nSPS) is 25.8. The van der Waals surface area contributed by atoms with E-state index in [0.29, 0.717) is 116 Å². The first-order valence-corrected chi connectivity index (χ1v) is 47.5. The zero-order chi connectivity index (χ0) is 84.4. The highest BCUT2D eigenvalue weighted by atomic mass is 31.3. The van der Waals surface area contributed by atoms with Gasteiger partial charge in [-0.25, -0.2) is 27.4 Å². The highest BCUT2D eigenvalue weighted by Gasteiger charge is 2.53. The molecule has 16 atom stereocenters. The minimum absolute atomic E-state index is 0.0316. The maximum atomic E-state index is 14.7. The third-order valence-electron chi connectivity index (χ3n) is 19.9. The van der Waals surface area contributed by atoms with E-state index in [1.54, 1.807) is 26.6 Å². The molecule has 0 aliphatic carbocycles. The molecule has 50 heteroatoms. The molecule has 1 aromatic carbocycles. The highest BCUT2D eigenvalue weighted by molar-refractivity contribution is 7.72. The Kier molecular flexibility index (Phi) is 38.2. The molecule has 116 heavy (non-hydrogen) atoms. The predicted molar refractivity (Wildman–Crippen MR) is 406 cm³/mol. The molecule has 8 amide bonds. The molecule has 7 heterocycles. The first kappa shape index (κ1) is 96.6. The zero-order valence-corrected chi connectivity index (χ0v) is 70.0. The Morgan fingerprint density at radius 1 is 0.509 bits per heavy atom. The number of hydrogen-bond donors (Lipinski definition) is 11. The summed E-state index contributed by atoms with van der Waals surface area (Å²) in [7, 11) is -27.6. The number of amides is 8. The van der Waals surface area contributed by atoms with Gasteiger partial charge in [0.25, 0.3) is 0 Å². The number of hydrogen-bond acceptors (Lipinski definition) is 29. The van der Waals surface area contributed by atoms with Gasteiger partial charge in [0.05, 0.1) is 84.8 Å². The maximum absolute atomic E-state index is 14.7. The monoisotopic (exact) mass is 1760 g/mol. The van der Waals surface area contributed by atoms with Crippen LogP contribution in [0.15, 0.2) is 24.3 Å². The van der Waals surface area contributed by atoms with Crippen LogP contribution < -0.4 is 21.3 Å². The second kappa shape index (κ2) is 45.9. The highest BCUT2D eigenvalue weighted by Crippen LogP contribution is 2.75. The first-order valence-electron chi connectivity index (χ1n) is 38.5. The number of aliphatic hydroxyl groups excluding tert-OH is 1. The molecule has 7 fully saturated rings. The van der Waals surface area contributed by atoms with Gasteiger partial charge in [-0.15, -0.1) is 0 Å². The Hall–Kier alpha value is -4.86. The van der Waals surface area contributed by atoms with E-state index in [0.717, 1.165) is 30.5 Å². The molecule has 7 aliphatic heterocycles. The van der Waals surface area contributed by atoms with Crippen molar-refractivity contribution in [2.45, 2.75) is 182 Å². The molecular weight excluding hydrogens is 1660 g/mol. The SMILES string of the molecule is [B][C@@H]1C[C@@H](O)[C@H](COP(=O)(O)OP(=O)(O)OP(=O)(O)OP(=O)(O)OP(=O)(O)OP(=O)(O)OCCCCCCNC(=O)CCOCCOCCOCCOCCNC(=O)C(Cc2ccc(C#CCNC)cc2)NC(=O)C2CCCN2C(=O)C2CCCN2C(=O)C2CCCN2C(=O)C2CCCN2C(=O)C2CCCN2C(=O)C2CCCN2C)O1. The van der Waals surface area contributed by atoms with Gasteiger partial charge >= 0.3 is 46.9 Å². The number of aliphatic hydroxyl groups is 1. The molecule has 43 nitrogen and oxygen atoms in total. The molecular formula is C66H107BN10O33P6. The summed E-state index contributed by atoms with van der Waals surface area (Å²) in [5.74, 6) is 3.48. The largest absolute Gasteiger partial charge is 0.490 e. The number of carbonyl (C=O) groups excluding carboxylic acids is 8. The molecule has 0 bridgehead atoms. The minimum Gasteiger partial charge on any atom is -0.390 e. The second-order valence-corrected chi connectivity index (χ2v) is 37.9. The van der Waals surface area contributed by atoms with Gasteiger partial charge in [0, 0.05) is 70.2 Å². The van der Waals surface area contributed by atoms with Crippen LogP contribution in [0.25, 0.3) is 0 Å². The third-order valence-corrected chi connectivity index (χ3v) is 29.2. The van der Waals surface area contributed by atoms with Gasteiger partial charge in [0.1, 0.15) is 50.2 Å². The summed E-state index contributed by atoms with van der Waals surface area (Å²) in [6.07, 6.45) is 5.24. The average molecular weight is 1770 g/mol. The van der Waals surface area contributed by atoms with Crippen LogP contribution in [0.3, 0.4) is 0 Å². The van der Waals surface area contributed by atoms with Crippen LogP contribution >= 0.6 is 46.9 Å². The number of benzene rings is 1. The van der Waals surface area contributed by atoms with E-state index >= 15 is 0 Å². The second-order valence-electron chi connectivity index (χ2n) is 28.5.